The second-order valence-corrected chi connectivity index (χ2v) is 4.66. The maximum absolute atomic E-state index is 10.5. The molecule has 1 atom stereocenters. The van der Waals surface area contributed by atoms with Gasteiger partial charge in [0.25, 0.3) is 0 Å². The molecule has 5 nitrogen and oxygen atoms in total. The van der Waals surface area contributed by atoms with Crippen molar-refractivity contribution in [2.75, 3.05) is 26.4 Å². The van der Waals surface area contributed by atoms with Gasteiger partial charge in [-0.2, -0.15) is 0 Å². The molecule has 0 aromatic heterocycles. The van der Waals surface area contributed by atoms with Gasteiger partial charge in [0.2, 0.25) is 5.91 Å². The molecule has 0 aliphatic carbocycles. The lowest BCUT2D eigenvalue weighted by molar-refractivity contribution is -0.122. The number of ether oxygens (including phenoxy) is 2. The molecule has 1 aliphatic rings. The predicted molar refractivity (Wildman–Crippen MR) is 72.1 cm³/mol. The molecule has 0 radical (unpaired) electrons. The lowest BCUT2D eigenvalue weighted by Crippen LogP contribution is -2.26. The van der Waals surface area contributed by atoms with E-state index in [4.69, 9.17) is 15.2 Å². The molecule has 1 aromatic carbocycles. The highest BCUT2D eigenvalue weighted by Gasteiger charge is 2.14. The Balaban J connectivity index is 1.77. The molecule has 1 aliphatic heterocycles. The highest BCUT2D eigenvalue weighted by atomic mass is 16.5. The lowest BCUT2D eigenvalue weighted by atomic mass is 10.0. The van der Waals surface area contributed by atoms with Gasteiger partial charge in [0, 0.05) is 19.0 Å². The highest BCUT2D eigenvalue weighted by molar-refractivity contribution is 5.74. The van der Waals surface area contributed by atoms with Crippen molar-refractivity contribution in [2.24, 2.45) is 5.73 Å². The Bertz CT molecular complexity index is 448. The van der Waals surface area contributed by atoms with Crippen LogP contribution in [0.25, 0.3) is 0 Å². The molecule has 1 unspecified atom stereocenters. The zero-order valence-electron chi connectivity index (χ0n) is 11.1. The number of benzene rings is 1. The Kier molecular flexibility index (Phi) is 4.76. The third kappa shape index (κ3) is 3.94. The second kappa shape index (κ2) is 6.54. The third-order valence-electron chi connectivity index (χ3n) is 3.15. The number of hydrogen-bond acceptors (Lipinski definition) is 4. The van der Waals surface area contributed by atoms with Gasteiger partial charge < -0.3 is 20.5 Å². The minimum absolute atomic E-state index is 0.0216. The molecule has 0 saturated carbocycles. The van der Waals surface area contributed by atoms with Crippen molar-refractivity contribution in [2.45, 2.75) is 19.4 Å². The van der Waals surface area contributed by atoms with Crippen LogP contribution in [0.15, 0.2) is 18.2 Å². The van der Waals surface area contributed by atoms with Crippen LogP contribution in [-0.4, -0.2) is 32.3 Å². The van der Waals surface area contributed by atoms with Gasteiger partial charge in [0.1, 0.15) is 12.4 Å². The lowest BCUT2D eigenvalue weighted by Gasteiger charge is -2.15. The van der Waals surface area contributed by atoms with Crippen molar-refractivity contribution in [1.29, 1.82) is 0 Å². The number of hydrogen-bond donors (Lipinski definition) is 2. The molecule has 0 saturated heterocycles. The SMILES string of the molecule is CC(NCCOCC(N)=O)c1ccc2c(c1)CCO2. The molecule has 1 aromatic rings. The number of primary amides is 1. The van der Waals surface area contributed by atoms with E-state index in [1.165, 1.54) is 11.1 Å². The van der Waals surface area contributed by atoms with E-state index in [1.54, 1.807) is 0 Å². The van der Waals surface area contributed by atoms with Gasteiger partial charge in [0.15, 0.2) is 0 Å². The van der Waals surface area contributed by atoms with Crippen molar-refractivity contribution in [3.8, 4) is 5.75 Å². The molecule has 5 heteroatoms. The fraction of sp³-hybridized carbons (Fsp3) is 0.500. The number of nitrogens with one attached hydrogen (secondary N) is 1. The van der Waals surface area contributed by atoms with E-state index in [0.29, 0.717) is 13.2 Å². The van der Waals surface area contributed by atoms with Crippen LogP contribution in [-0.2, 0) is 16.0 Å². The minimum Gasteiger partial charge on any atom is -0.493 e. The molecule has 1 heterocycles. The average Bonchev–Trinajstić information content (AvgIpc) is 2.84. The monoisotopic (exact) mass is 264 g/mol. The van der Waals surface area contributed by atoms with Crippen molar-refractivity contribution in [3.63, 3.8) is 0 Å². The summed E-state index contributed by atoms with van der Waals surface area (Å²) in [5, 5.41) is 3.35. The smallest absolute Gasteiger partial charge is 0.243 e. The molecule has 19 heavy (non-hydrogen) atoms. The van der Waals surface area contributed by atoms with E-state index in [0.717, 1.165) is 18.8 Å². The average molecular weight is 264 g/mol. The summed E-state index contributed by atoms with van der Waals surface area (Å²) in [4.78, 5) is 10.5. The van der Waals surface area contributed by atoms with Gasteiger partial charge in [-0.3, -0.25) is 4.79 Å². The van der Waals surface area contributed by atoms with E-state index in [-0.39, 0.29) is 12.6 Å². The Morgan fingerprint density at radius 2 is 2.42 bits per heavy atom. The van der Waals surface area contributed by atoms with Crippen LogP contribution in [0, 0.1) is 0 Å². The first-order valence-electron chi connectivity index (χ1n) is 6.52. The zero-order chi connectivity index (χ0) is 13.7. The summed E-state index contributed by atoms with van der Waals surface area (Å²) in [6.07, 6.45) is 0.984. The summed E-state index contributed by atoms with van der Waals surface area (Å²) in [5.41, 5.74) is 7.49. The molecule has 104 valence electrons. The largest absolute Gasteiger partial charge is 0.493 e. The number of nitrogens with two attached hydrogens (primary N) is 1. The van der Waals surface area contributed by atoms with Crippen LogP contribution in [0.1, 0.15) is 24.1 Å². The van der Waals surface area contributed by atoms with Crippen LogP contribution in [0.2, 0.25) is 0 Å². The van der Waals surface area contributed by atoms with Gasteiger partial charge in [0.05, 0.1) is 13.2 Å². The topological polar surface area (TPSA) is 73.6 Å². The molecule has 1 amide bonds. The van der Waals surface area contributed by atoms with Crippen LogP contribution < -0.4 is 15.8 Å². The molecular formula is C14H20N2O3. The number of amides is 1. The van der Waals surface area contributed by atoms with E-state index in [2.05, 4.69) is 24.4 Å². The number of rotatable bonds is 7. The molecular weight excluding hydrogens is 244 g/mol. The standard InChI is InChI=1S/C14H20N2O3/c1-10(16-5-7-18-9-14(15)17)11-2-3-13-12(8-11)4-6-19-13/h2-3,8,10,16H,4-7,9H2,1H3,(H2,15,17). The summed E-state index contributed by atoms with van der Waals surface area (Å²) in [6, 6.07) is 6.53. The number of fused-ring (bicyclic) bond motifs is 1. The summed E-state index contributed by atoms with van der Waals surface area (Å²) in [6.45, 7) is 4.02. The maximum atomic E-state index is 10.5. The van der Waals surface area contributed by atoms with Crippen LogP contribution >= 0.6 is 0 Å². The Morgan fingerprint density at radius 3 is 3.21 bits per heavy atom. The number of carbonyl (C=O) groups excluding carboxylic acids is 1. The van der Waals surface area contributed by atoms with E-state index in [9.17, 15) is 4.79 Å². The molecule has 0 spiro atoms. The Hall–Kier alpha value is -1.59. The van der Waals surface area contributed by atoms with Crippen molar-refractivity contribution in [3.05, 3.63) is 29.3 Å². The van der Waals surface area contributed by atoms with Gasteiger partial charge in [-0.15, -0.1) is 0 Å². The van der Waals surface area contributed by atoms with Gasteiger partial charge in [-0.25, -0.2) is 0 Å². The summed E-state index contributed by atoms with van der Waals surface area (Å²) < 4.78 is 10.6. The predicted octanol–water partition coefficient (Wildman–Crippen LogP) is 0.774. The molecule has 2 rings (SSSR count). The fourth-order valence-corrected chi connectivity index (χ4v) is 2.11. The third-order valence-corrected chi connectivity index (χ3v) is 3.15. The van der Waals surface area contributed by atoms with Gasteiger partial charge >= 0.3 is 0 Å². The normalized spacial score (nSPS) is 14.8. The number of carbonyl (C=O) groups is 1. The second-order valence-electron chi connectivity index (χ2n) is 4.66. The van der Waals surface area contributed by atoms with Crippen LogP contribution in [0.5, 0.6) is 5.75 Å². The van der Waals surface area contributed by atoms with Crippen molar-refractivity contribution < 1.29 is 14.3 Å². The molecule has 0 bridgehead atoms. The van der Waals surface area contributed by atoms with E-state index in [1.807, 2.05) is 6.07 Å². The van der Waals surface area contributed by atoms with Crippen LogP contribution in [0.4, 0.5) is 0 Å². The van der Waals surface area contributed by atoms with Gasteiger partial charge in [-0.1, -0.05) is 12.1 Å². The quantitative estimate of drug-likeness (QED) is 0.714. The van der Waals surface area contributed by atoms with E-state index < -0.39 is 5.91 Å². The molecule has 3 N–H and O–H groups in total. The molecule has 0 fully saturated rings. The van der Waals surface area contributed by atoms with Crippen LogP contribution in [0.3, 0.4) is 0 Å². The maximum Gasteiger partial charge on any atom is 0.243 e. The first-order chi connectivity index (χ1) is 9.16. The minimum atomic E-state index is -0.438. The highest BCUT2D eigenvalue weighted by Crippen LogP contribution is 2.27. The van der Waals surface area contributed by atoms with Crippen molar-refractivity contribution in [1.82, 2.24) is 5.32 Å². The summed E-state index contributed by atoms with van der Waals surface area (Å²) >= 11 is 0. The first-order valence-corrected chi connectivity index (χ1v) is 6.52. The van der Waals surface area contributed by atoms with Crippen molar-refractivity contribution >= 4 is 5.91 Å². The Morgan fingerprint density at radius 1 is 1.58 bits per heavy atom. The fourth-order valence-electron chi connectivity index (χ4n) is 2.11. The summed E-state index contributed by atoms with van der Waals surface area (Å²) in [5.74, 6) is 0.562. The van der Waals surface area contributed by atoms with Gasteiger partial charge in [-0.05, 0) is 24.1 Å². The van der Waals surface area contributed by atoms with E-state index >= 15 is 0 Å². The Labute approximate surface area is 113 Å². The first kappa shape index (κ1) is 13.8. The summed E-state index contributed by atoms with van der Waals surface area (Å²) in [7, 11) is 0. The zero-order valence-corrected chi connectivity index (χ0v) is 11.1.